The molecule has 0 bridgehead atoms. The molecule has 7 nitrogen and oxygen atoms in total. The largest absolute Gasteiger partial charge is 0.296 e. The predicted molar refractivity (Wildman–Crippen MR) is 113 cm³/mol. The van der Waals surface area contributed by atoms with Gasteiger partial charge in [-0.2, -0.15) is 0 Å². The number of nitrogens with zero attached hydrogens (tertiary/aromatic N) is 2. The number of aromatic nitrogens is 2. The SMILES string of the molecule is CCSc1nnc(NC(=O)c2cc(NS(=O)(=O)c3ccccc3)ccc2Cl)s1. The Kier molecular flexibility index (Phi) is 6.55. The second kappa shape index (κ2) is 8.91. The first-order valence-electron chi connectivity index (χ1n) is 8.04. The van der Waals surface area contributed by atoms with Gasteiger partial charge in [0, 0.05) is 5.69 Å². The molecule has 2 aromatic carbocycles. The molecule has 28 heavy (non-hydrogen) atoms. The summed E-state index contributed by atoms with van der Waals surface area (Å²) >= 11 is 8.90. The predicted octanol–water partition coefficient (Wildman–Crippen LogP) is 4.36. The fourth-order valence-electron chi connectivity index (χ4n) is 2.18. The first-order chi connectivity index (χ1) is 13.4. The Labute approximate surface area is 175 Å². The van der Waals surface area contributed by atoms with Gasteiger partial charge in [-0.25, -0.2) is 8.42 Å². The number of anilines is 2. The Morgan fingerprint density at radius 1 is 1.18 bits per heavy atom. The molecule has 0 saturated heterocycles. The molecule has 0 atom stereocenters. The number of rotatable bonds is 7. The van der Waals surface area contributed by atoms with Gasteiger partial charge < -0.3 is 0 Å². The number of carbonyl (C=O) groups excluding carboxylic acids is 1. The molecule has 0 saturated carbocycles. The molecule has 0 aliphatic carbocycles. The third-order valence-corrected chi connectivity index (χ3v) is 6.99. The molecule has 0 spiro atoms. The van der Waals surface area contributed by atoms with Crippen molar-refractivity contribution in [2.24, 2.45) is 0 Å². The number of nitrogens with one attached hydrogen (secondary N) is 2. The summed E-state index contributed by atoms with van der Waals surface area (Å²) in [5, 5.41) is 11.0. The standard InChI is InChI=1S/C17H15ClN4O3S3/c1-2-26-17-21-20-16(27-17)19-15(23)13-10-11(8-9-14(13)18)22-28(24,25)12-6-4-3-5-7-12/h3-10,22H,2H2,1H3,(H,19,20,23). The van der Waals surface area contributed by atoms with Gasteiger partial charge in [0.05, 0.1) is 15.5 Å². The van der Waals surface area contributed by atoms with Crippen molar-refractivity contribution < 1.29 is 13.2 Å². The number of halogens is 1. The second-order valence-electron chi connectivity index (χ2n) is 5.37. The van der Waals surface area contributed by atoms with Gasteiger partial charge in [-0.15, -0.1) is 10.2 Å². The van der Waals surface area contributed by atoms with Crippen molar-refractivity contribution in [1.29, 1.82) is 0 Å². The molecule has 0 aliphatic heterocycles. The van der Waals surface area contributed by atoms with Crippen LogP contribution in [0.3, 0.4) is 0 Å². The highest BCUT2D eigenvalue weighted by Crippen LogP contribution is 2.27. The van der Waals surface area contributed by atoms with E-state index < -0.39 is 15.9 Å². The summed E-state index contributed by atoms with van der Waals surface area (Å²) in [6.07, 6.45) is 0. The monoisotopic (exact) mass is 454 g/mol. The summed E-state index contributed by atoms with van der Waals surface area (Å²) < 4.78 is 28.1. The summed E-state index contributed by atoms with van der Waals surface area (Å²) in [6.45, 7) is 1.99. The van der Waals surface area contributed by atoms with Crippen molar-refractivity contribution in [3.63, 3.8) is 0 Å². The first-order valence-corrected chi connectivity index (χ1v) is 11.7. The van der Waals surface area contributed by atoms with Gasteiger partial charge in [-0.1, -0.05) is 59.8 Å². The summed E-state index contributed by atoms with van der Waals surface area (Å²) in [5.41, 5.74) is 0.340. The third-order valence-electron chi connectivity index (χ3n) is 3.41. The number of benzene rings is 2. The van der Waals surface area contributed by atoms with Crippen LogP contribution < -0.4 is 10.0 Å². The smallest absolute Gasteiger partial charge is 0.261 e. The van der Waals surface area contributed by atoms with E-state index >= 15 is 0 Å². The van der Waals surface area contributed by atoms with E-state index in [1.165, 1.54) is 53.4 Å². The number of hydrogen-bond donors (Lipinski definition) is 2. The number of hydrogen-bond acceptors (Lipinski definition) is 7. The topological polar surface area (TPSA) is 101 Å². The van der Waals surface area contributed by atoms with E-state index in [4.69, 9.17) is 11.6 Å². The molecular formula is C17H15ClN4O3S3. The van der Waals surface area contributed by atoms with Crippen LogP contribution in [0.5, 0.6) is 0 Å². The van der Waals surface area contributed by atoms with Gasteiger partial charge in [0.25, 0.3) is 15.9 Å². The number of carbonyl (C=O) groups is 1. The van der Waals surface area contributed by atoms with Crippen molar-refractivity contribution in [3.05, 3.63) is 59.1 Å². The maximum atomic E-state index is 12.5. The van der Waals surface area contributed by atoms with Crippen LogP contribution in [-0.2, 0) is 10.0 Å². The minimum absolute atomic E-state index is 0.116. The molecule has 11 heteroatoms. The van der Waals surface area contributed by atoms with Crippen molar-refractivity contribution in [1.82, 2.24) is 10.2 Å². The molecule has 0 unspecified atom stereocenters. The van der Waals surface area contributed by atoms with Crippen molar-refractivity contribution >= 4 is 61.4 Å². The van der Waals surface area contributed by atoms with E-state index in [-0.39, 0.29) is 21.2 Å². The fourth-order valence-corrected chi connectivity index (χ4v) is 5.10. The highest BCUT2D eigenvalue weighted by molar-refractivity contribution is 8.01. The normalized spacial score (nSPS) is 11.2. The lowest BCUT2D eigenvalue weighted by Crippen LogP contribution is -2.15. The minimum atomic E-state index is -3.78. The molecule has 1 heterocycles. The zero-order chi connectivity index (χ0) is 20.1. The zero-order valence-corrected chi connectivity index (χ0v) is 17.8. The van der Waals surface area contributed by atoms with Gasteiger partial charge in [-0.05, 0) is 36.1 Å². The van der Waals surface area contributed by atoms with Crippen LogP contribution in [0.15, 0.2) is 57.8 Å². The van der Waals surface area contributed by atoms with Crippen molar-refractivity contribution in [3.8, 4) is 0 Å². The Bertz CT molecular complexity index is 1090. The Morgan fingerprint density at radius 2 is 1.93 bits per heavy atom. The molecule has 146 valence electrons. The van der Waals surface area contributed by atoms with E-state index in [0.29, 0.717) is 5.13 Å². The molecule has 0 radical (unpaired) electrons. The van der Waals surface area contributed by atoms with Crippen LogP contribution >= 0.6 is 34.7 Å². The maximum absolute atomic E-state index is 12.5. The highest BCUT2D eigenvalue weighted by Gasteiger charge is 2.17. The lowest BCUT2D eigenvalue weighted by molar-refractivity contribution is 0.102. The molecule has 3 aromatic rings. The van der Waals surface area contributed by atoms with Crippen molar-refractivity contribution in [2.45, 2.75) is 16.2 Å². The fraction of sp³-hybridized carbons (Fsp3) is 0.118. The van der Waals surface area contributed by atoms with E-state index in [9.17, 15) is 13.2 Å². The van der Waals surface area contributed by atoms with Gasteiger partial charge in [0.2, 0.25) is 5.13 Å². The van der Waals surface area contributed by atoms with Crippen LogP contribution in [0.4, 0.5) is 10.8 Å². The second-order valence-corrected chi connectivity index (χ2v) is 9.95. The average molecular weight is 455 g/mol. The molecule has 0 aliphatic rings. The number of thioether (sulfide) groups is 1. The van der Waals surface area contributed by atoms with Crippen LogP contribution in [0.25, 0.3) is 0 Å². The van der Waals surface area contributed by atoms with Gasteiger partial charge >= 0.3 is 0 Å². The van der Waals surface area contributed by atoms with Gasteiger partial charge in [0.15, 0.2) is 4.34 Å². The summed E-state index contributed by atoms with van der Waals surface area (Å²) in [4.78, 5) is 12.7. The van der Waals surface area contributed by atoms with Gasteiger partial charge in [-0.3, -0.25) is 14.8 Å². The average Bonchev–Trinajstić information content (AvgIpc) is 3.11. The highest BCUT2D eigenvalue weighted by atomic mass is 35.5. The molecule has 2 N–H and O–H groups in total. The van der Waals surface area contributed by atoms with E-state index in [1.807, 2.05) is 6.92 Å². The lowest BCUT2D eigenvalue weighted by atomic mass is 10.2. The molecule has 1 amide bonds. The van der Waals surface area contributed by atoms with Crippen molar-refractivity contribution in [2.75, 3.05) is 15.8 Å². The Balaban J connectivity index is 1.80. The van der Waals surface area contributed by atoms with Gasteiger partial charge in [0.1, 0.15) is 0 Å². The quantitative estimate of drug-likeness (QED) is 0.406. The lowest BCUT2D eigenvalue weighted by Gasteiger charge is -2.10. The van der Waals surface area contributed by atoms with Crippen LogP contribution in [0.2, 0.25) is 5.02 Å². The molecular weight excluding hydrogens is 440 g/mol. The molecule has 3 rings (SSSR count). The van der Waals surface area contributed by atoms with Crippen LogP contribution in [-0.4, -0.2) is 30.3 Å². The minimum Gasteiger partial charge on any atom is -0.296 e. The van der Waals surface area contributed by atoms with E-state index in [0.717, 1.165) is 10.1 Å². The summed E-state index contributed by atoms with van der Waals surface area (Å²) in [6, 6.07) is 12.3. The van der Waals surface area contributed by atoms with Crippen LogP contribution in [0, 0.1) is 0 Å². The first kappa shape index (κ1) is 20.6. The number of amides is 1. The number of sulfonamides is 1. The summed E-state index contributed by atoms with van der Waals surface area (Å²) in [7, 11) is -3.78. The Hall–Kier alpha value is -2.14. The molecule has 1 aromatic heterocycles. The summed E-state index contributed by atoms with van der Waals surface area (Å²) in [5.74, 6) is 0.341. The van der Waals surface area contributed by atoms with E-state index in [2.05, 4.69) is 20.2 Å². The molecule has 0 fully saturated rings. The van der Waals surface area contributed by atoms with E-state index in [1.54, 1.807) is 18.2 Å². The van der Waals surface area contributed by atoms with Crippen LogP contribution in [0.1, 0.15) is 17.3 Å². The Morgan fingerprint density at radius 3 is 2.64 bits per heavy atom. The maximum Gasteiger partial charge on any atom is 0.261 e. The third kappa shape index (κ3) is 5.02. The zero-order valence-electron chi connectivity index (χ0n) is 14.5.